The largest absolute Gasteiger partial charge is 0.347 e. The maximum atomic E-state index is 14.4. The average Bonchev–Trinajstić information content (AvgIpc) is 2.35. The van der Waals surface area contributed by atoms with Crippen LogP contribution >= 0.6 is 0 Å². The van der Waals surface area contributed by atoms with E-state index in [1.54, 1.807) is 20.8 Å². The second kappa shape index (κ2) is 6.52. The van der Waals surface area contributed by atoms with Crippen molar-refractivity contribution in [2.24, 2.45) is 0 Å². The number of hydrogen-bond acceptors (Lipinski definition) is 3. The van der Waals surface area contributed by atoms with Gasteiger partial charge in [0.15, 0.2) is 0 Å². The van der Waals surface area contributed by atoms with Gasteiger partial charge in [0, 0.05) is 18.5 Å². The van der Waals surface area contributed by atoms with Crippen LogP contribution in [0.4, 0.5) is 13.2 Å². The maximum Gasteiger partial charge on any atom is 0.347 e. The Morgan fingerprint density at radius 1 is 1.17 bits per heavy atom. The van der Waals surface area contributed by atoms with Gasteiger partial charge in [-0.25, -0.2) is 21.7 Å². The van der Waals surface area contributed by atoms with E-state index in [0.29, 0.717) is 0 Å². The molecule has 9 heteroatoms. The summed E-state index contributed by atoms with van der Waals surface area (Å²) < 4.78 is 78.5. The van der Waals surface area contributed by atoms with Crippen LogP contribution < -0.4 is 4.72 Å². The molecule has 1 aromatic carbocycles. The first kappa shape index (κ1) is 20.1. The predicted molar refractivity (Wildman–Crippen MR) is 83.7 cm³/mol. The second-order valence-electron chi connectivity index (χ2n) is 6.19. The molecule has 0 saturated carbocycles. The molecule has 2 atom stereocenters. The van der Waals surface area contributed by atoms with Crippen LogP contribution in [0.25, 0.3) is 0 Å². The monoisotopic (exact) mass is 371 g/mol. The van der Waals surface area contributed by atoms with E-state index in [2.05, 4.69) is 4.72 Å². The minimum Gasteiger partial charge on any atom is -0.242 e. The summed E-state index contributed by atoms with van der Waals surface area (Å²) in [5.41, 5.74) is -0.145. The molecular weight excluding hydrogens is 351 g/mol. The minimum atomic E-state index is -5.13. The molecule has 1 aromatic rings. The third-order valence-corrected chi connectivity index (χ3v) is 6.58. The van der Waals surface area contributed by atoms with Gasteiger partial charge in [0.05, 0.1) is 15.7 Å². The van der Waals surface area contributed by atoms with Crippen molar-refractivity contribution in [1.29, 1.82) is 0 Å². The van der Waals surface area contributed by atoms with E-state index in [-0.39, 0.29) is 12.5 Å². The zero-order valence-electron chi connectivity index (χ0n) is 13.5. The van der Waals surface area contributed by atoms with Crippen LogP contribution in [0.5, 0.6) is 0 Å². The van der Waals surface area contributed by atoms with Gasteiger partial charge in [-0.15, -0.1) is 0 Å². The van der Waals surface area contributed by atoms with Crippen molar-refractivity contribution in [2.45, 2.75) is 55.6 Å². The van der Waals surface area contributed by atoms with Gasteiger partial charge in [0.2, 0.25) is 9.84 Å². The summed E-state index contributed by atoms with van der Waals surface area (Å²) in [5, 5.41) is -4.10. The number of sulfone groups is 1. The van der Waals surface area contributed by atoms with Crippen molar-refractivity contribution in [2.75, 3.05) is 0 Å². The van der Waals surface area contributed by atoms with E-state index in [4.69, 9.17) is 0 Å². The fraction of sp³-hybridized carbons (Fsp3) is 0.571. The molecule has 0 bridgehead atoms. The molecule has 0 aliphatic rings. The number of alkyl halides is 2. The van der Waals surface area contributed by atoms with Crippen LogP contribution in [0.15, 0.2) is 23.1 Å². The molecular formula is C14H20F3NO3S2. The maximum absolute atomic E-state index is 14.4. The molecule has 0 saturated heterocycles. The Labute approximate surface area is 137 Å². The van der Waals surface area contributed by atoms with Gasteiger partial charge in [-0.05, 0) is 33.8 Å². The Morgan fingerprint density at radius 3 is 2.13 bits per heavy atom. The van der Waals surface area contributed by atoms with Crippen LogP contribution in [0.3, 0.4) is 0 Å². The topological polar surface area (TPSA) is 63.2 Å². The summed E-state index contributed by atoms with van der Waals surface area (Å²) in [4.78, 5) is -1.07. The summed E-state index contributed by atoms with van der Waals surface area (Å²) in [6.07, 6.45) is 0. The Kier molecular flexibility index (Phi) is 5.71. The van der Waals surface area contributed by atoms with Crippen molar-refractivity contribution >= 4 is 20.8 Å². The predicted octanol–water partition coefficient (Wildman–Crippen LogP) is 3.32. The van der Waals surface area contributed by atoms with Gasteiger partial charge >= 0.3 is 5.25 Å². The molecule has 1 N–H and O–H groups in total. The third kappa shape index (κ3) is 4.33. The van der Waals surface area contributed by atoms with Crippen molar-refractivity contribution < 1.29 is 25.8 Å². The smallest absolute Gasteiger partial charge is 0.242 e. The third-order valence-electron chi connectivity index (χ3n) is 3.06. The van der Waals surface area contributed by atoms with E-state index in [0.717, 1.165) is 6.07 Å². The van der Waals surface area contributed by atoms with Gasteiger partial charge in [-0.3, -0.25) is 0 Å². The summed E-state index contributed by atoms with van der Waals surface area (Å²) in [7, 11) is -6.67. The fourth-order valence-electron chi connectivity index (χ4n) is 1.66. The highest BCUT2D eigenvalue weighted by molar-refractivity contribution is 7.92. The molecule has 0 heterocycles. The quantitative estimate of drug-likeness (QED) is 0.864. The van der Waals surface area contributed by atoms with Crippen LogP contribution in [-0.2, 0) is 20.8 Å². The summed E-state index contributed by atoms with van der Waals surface area (Å²) in [6.45, 7) is 6.79. The van der Waals surface area contributed by atoms with Gasteiger partial charge in [-0.1, -0.05) is 12.1 Å². The van der Waals surface area contributed by atoms with Crippen LogP contribution in [0, 0.1) is 5.82 Å². The number of halogens is 3. The van der Waals surface area contributed by atoms with Crippen LogP contribution in [0.1, 0.15) is 46.2 Å². The molecule has 23 heavy (non-hydrogen) atoms. The molecule has 4 nitrogen and oxygen atoms in total. The van der Waals surface area contributed by atoms with E-state index in [1.807, 2.05) is 0 Å². The normalized spacial score (nSPS) is 16.2. The Hall–Kier alpha value is -0.930. The van der Waals surface area contributed by atoms with E-state index in [9.17, 15) is 25.8 Å². The number of benzene rings is 1. The van der Waals surface area contributed by atoms with Gasteiger partial charge in [0.1, 0.15) is 10.7 Å². The van der Waals surface area contributed by atoms with E-state index < -0.39 is 47.6 Å². The van der Waals surface area contributed by atoms with Gasteiger partial charge < -0.3 is 0 Å². The average molecular weight is 371 g/mol. The Balaban J connectivity index is 3.28. The molecule has 1 rings (SSSR count). The minimum absolute atomic E-state index is 0.145. The van der Waals surface area contributed by atoms with Crippen molar-refractivity contribution in [3.63, 3.8) is 0 Å². The molecule has 0 aliphatic carbocycles. The van der Waals surface area contributed by atoms with Crippen molar-refractivity contribution in [1.82, 2.24) is 4.72 Å². The standard InChI is InChI=1S/C14H20F3NO3S2/c1-9(18-22(19)13(2,3)4)10-7-6-8-11(12(10)15)23(20,21)14(5,16)17/h6-9,18H,1-5H3/t9-,22+/m1/s1. The lowest BCUT2D eigenvalue weighted by molar-refractivity contribution is 0.114. The SMILES string of the molecule is C[C@@H](N[S@@](=O)C(C)(C)C)c1cccc(S(=O)(=O)C(C)(F)F)c1F. The summed E-state index contributed by atoms with van der Waals surface area (Å²) in [6, 6.07) is 2.41. The molecule has 0 aromatic heterocycles. The molecule has 0 unspecified atom stereocenters. The molecule has 0 fully saturated rings. The molecule has 0 aliphatic heterocycles. The number of hydrogen-bond donors (Lipinski definition) is 1. The van der Waals surface area contributed by atoms with Gasteiger partial charge in [-0.2, -0.15) is 8.78 Å². The van der Waals surface area contributed by atoms with Crippen LogP contribution in [0.2, 0.25) is 0 Å². The highest BCUT2D eigenvalue weighted by Crippen LogP contribution is 2.32. The zero-order valence-corrected chi connectivity index (χ0v) is 15.1. The molecule has 0 spiro atoms. The van der Waals surface area contributed by atoms with Gasteiger partial charge in [0.25, 0.3) is 0 Å². The summed E-state index contributed by atoms with van der Waals surface area (Å²) >= 11 is 0. The highest BCUT2D eigenvalue weighted by Gasteiger charge is 2.43. The molecule has 132 valence electrons. The Morgan fingerprint density at radius 2 is 1.70 bits per heavy atom. The Bertz CT molecular complexity index is 707. The highest BCUT2D eigenvalue weighted by atomic mass is 32.2. The molecule has 0 radical (unpaired) electrons. The first-order valence-corrected chi connectivity index (χ1v) is 9.42. The first-order chi connectivity index (χ1) is 10.2. The lowest BCUT2D eigenvalue weighted by atomic mass is 10.1. The zero-order chi connectivity index (χ0) is 18.2. The summed E-state index contributed by atoms with van der Waals surface area (Å²) in [5.74, 6) is -1.26. The first-order valence-electron chi connectivity index (χ1n) is 6.78. The van der Waals surface area contributed by atoms with Crippen molar-refractivity contribution in [3.05, 3.63) is 29.6 Å². The molecule has 0 amide bonds. The van der Waals surface area contributed by atoms with Crippen LogP contribution in [-0.4, -0.2) is 22.6 Å². The van der Waals surface area contributed by atoms with E-state index in [1.165, 1.54) is 19.1 Å². The lowest BCUT2D eigenvalue weighted by Crippen LogP contribution is -2.35. The van der Waals surface area contributed by atoms with Crippen molar-refractivity contribution in [3.8, 4) is 0 Å². The second-order valence-corrected chi connectivity index (χ2v) is 10.4. The van der Waals surface area contributed by atoms with E-state index >= 15 is 0 Å². The number of nitrogens with one attached hydrogen (secondary N) is 1. The number of rotatable bonds is 5. The lowest BCUT2D eigenvalue weighted by Gasteiger charge is -2.23. The fourth-order valence-corrected chi connectivity index (χ4v) is 3.46.